The van der Waals surface area contributed by atoms with Crippen molar-refractivity contribution in [3.8, 4) is 0 Å². The Hall–Kier alpha value is -2.02. The number of amides is 2. The van der Waals surface area contributed by atoms with Gasteiger partial charge in [0, 0.05) is 30.2 Å². The van der Waals surface area contributed by atoms with Gasteiger partial charge in [-0.25, -0.2) is 0 Å². The van der Waals surface area contributed by atoms with Gasteiger partial charge in [-0.1, -0.05) is 19.1 Å². The Kier molecular flexibility index (Phi) is 7.97. The highest BCUT2D eigenvalue weighted by atomic mass is 32.2. The van der Waals surface area contributed by atoms with Crippen LogP contribution in [0.3, 0.4) is 0 Å². The number of hydrogen-bond acceptors (Lipinski definition) is 4. The number of rotatable bonds is 8. The molecule has 1 aromatic carbocycles. The van der Waals surface area contributed by atoms with Crippen LogP contribution < -0.4 is 5.32 Å². The molecular formula is C19H26N2O4S. The van der Waals surface area contributed by atoms with Crippen molar-refractivity contribution in [1.29, 1.82) is 0 Å². The minimum absolute atomic E-state index is 0.0217. The molecular weight excluding hydrogens is 352 g/mol. The quantitative estimate of drug-likeness (QED) is 0.679. The van der Waals surface area contributed by atoms with Gasteiger partial charge < -0.3 is 15.3 Å². The van der Waals surface area contributed by atoms with E-state index in [4.69, 9.17) is 5.11 Å². The highest BCUT2D eigenvalue weighted by molar-refractivity contribution is 7.98. The predicted molar refractivity (Wildman–Crippen MR) is 103 cm³/mol. The fourth-order valence-electron chi connectivity index (χ4n) is 3.02. The average Bonchev–Trinajstić information content (AvgIpc) is 2.64. The van der Waals surface area contributed by atoms with Crippen molar-refractivity contribution in [3.05, 3.63) is 29.8 Å². The monoisotopic (exact) mass is 378 g/mol. The topological polar surface area (TPSA) is 86.7 Å². The van der Waals surface area contributed by atoms with Gasteiger partial charge in [0.1, 0.15) is 6.04 Å². The molecule has 7 heteroatoms. The summed E-state index contributed by atoms with van der Waals surface area (Å²) in [5.41, 5.74) is 1.74. The Bertz CT molecular complexity index is 650. The van der Waals surface area contributed by atoms with Gasteiger partial charge in [0.05, 0.1) is 6.42 Å². The number of benzene rings is 1. The van der Waals surface area contributed by atoms with E-state index in [1.54, 1.807) is 16.7 Å². The van der Waals surface area contributed by atoms with Gasteiger partial charge in [-0.2, -0.15) is 11.8 Å². The minimum Gasteiger partial charge on any atom is -0.481 e. The number of carboxylic acids is 1. The Morgan fingerprint density at radius 1 is 1.31 bits per heavy atom. The summed E-state index contributed by atoms with van der Waals surface area (Å²) >= 11 is 1.55. The number of thioether (sulfide) groups is 1. The standard InChI is InChI=1S/C19H26N2O4S/c1-2-17(22)21-10-4-3-8-16(21)19(25)20-15-7-5-6-14(12-15)13-26-11-9-18(23)24/h5-7,12,16H,2-4,8-11,13H2,1H3,(H,20,25)(H,23,24). The lowest BCUT2D eigenvalue weighted by Gasteiger charge is -2.34. The van der Waals surface area contributed by atoms with Crippen LogP contribution in [0.25, 0.3) is 0 Å². The number of carboxylic acid groups (broad SMARTS) is 1. The van der Waals surface area contributed by atoms with Crippen molar-refractivity contribution in [3.63, 3.8) is 0 Å². The van der Waals surface area contributed by atoms with E-state index in [9.17, 15) is 14.4 Å². The van der Waals surface area contributed by atoms with Gasteiger partial charge in [-0.3, -0.25) is 14.4 Å². The van der Waals surface area contributed by atoms with E-state index >= 15 is 0 Å². The maximum Gasteiger partial charge on any atom is 0.304 e. The summed E-state index contributed by atoms with van der Waals surface area (Å²) in [6.45, 7) is 2.46. The van der Waals surface area contributed by atoms with E-state index in [1.165, 1.54) is 0 Å². The van der Waals surface area contributed by atoms with Crippen LogP contribution in [0.1, 0.15) is 44.6 Å². The molecule has 0 bridgehead atoms. The summed E-state index contributed by atoms with van der Waals surface area (Å²) < 4.78 is 0. The van der Waals surface area contributed by atoms with Crippen molar-refractivity contribution in [1.82, 2.24) is 4.90 Å². The van der Waals surface area contributed by atoms with Crippen LogP contribution in [0.5, 0.6) is 0 Å². The molecule has 1 fully saturated rings. The zero-order chi connectivity index (χ0) is 18.9. The summed E-state index contributed by atoms with van der Waals surface area (Å²) in [6, 6.07) is 7.17. The number of piperidine rings is 1. The highest BCUT2D eigenvalue weighted by Crippen LogP contribution is 2.21. The van der Waals surface area contributed by atoms with E-state index in [0.717, 1.165) is 18.4 Å². The van der Waals surface area contributed by atoms with Gasteiger partial charge in [0.2, 0.25) is 11.8 Å². The zero-order valence-corrected chi connectivity index (χ0v) is 15.9. The number of likely N-dealkylation sites (tertiary alicyclic amines) is 1. The first-order valence-electron chi connectivity index (χ1n) is 9.00. The number of nitrogens with zero attached hydrogens (tertiary/aromatic N) is 1. The zero-order valence-electron chi connectivity index (χ0n) is 15.1. The molecule has 1 aromatic rings. The van der Waals surface area contributed by atoms with E-state index in [-0.39, 0.29) is 18.2 Å². The number of anilines is 1. The molecule has 0 aromatic heterocycles. The molecule has 1 atom stereocenters. The van der Waals surface area contributed by atoms with Crippen molar-refractivity contribution in [2.45, 2.75) is 50.8 Å². The molecule has 1 aliphatic rings. The van der Waals surface area contributed by atoms with Crippen LogP contribution >= 0.6 is 11.8 Å². The molecule has 1 unspecified atom stereocenters. The summed E-state index contributed by atoms with van der Waals surface area (Å²) in [4.78, 5) is 37.0. The van der Waals surface area contributed by atoms with Crippen molar-refractivity contribution in [2.24, 2.45) is 0 Å². The maximum atomic E-state index is 12.7. The van der Waals surface area contributed by atoms with Gasteiger partial charge in [0.25, 0.3) is 0 Å². The van der Waals surface area contributed by atoms with Crippen molar-refractivity contribution in [2.75, 3.05) is 17.6 Å². The second kappa shape index (κ2) is 10.2. The SMILES string of the molecule is CCC(=O)N1CCCCC1C(=O)Nc1cccc(CSCCC(=O)O)c1. The molecule has 2 N–H and O–H groups in total. The lowest BCUT2D eigenvalue weighted by molar-refractivity contribution is -0.140. The van der Waals surface area contributed by atoms with Gasteiger partial charge in [-0.05, 0) is 37.0 Å². The van der Waals surface area contributed by atoms with Crippen molar-refractivity contribution >= 4 is 35.2 Å². The summed E-state index contributed by atoms with van der Waals surface area (Å²) in [5, 5.41) is 11.6. The fourth-order valence-corrected chi connectivity index (χ4v) is 3.90. The van der Waals surface area contributed by atoms with Crippen LogP contribution in [0.4, 0.5) is 5.69 Å². The van der Waals surface area contributed by atoms with Crippen LogP contribution in [0.2, 0.25) is 0 Å². The van der Waals surface area contributed by atoms with E-state index in [1.807, 2.05) is 31.2 Å². The summed E-state index contributed by atoms with van der Waals surface area (Å²) in [7, 11) is 0. The Labute approximate surface area is 158 Å². The summed E-state index contributed by atoms with van der Waals surface area (Å²) in [5.74, 6) is 0.343. The normalized spacial score (nSPS) is 17.0. The number of carbonyl (C=O) groups is 3. The Morgan fingerprint density at radius 3 is 2.85 bits per heavy atom. The second-order valence-corrected chi connectivity index (χ2v) is 7.44. The van der Waals surface area contributed by atoms with Gasteiger partial charge >= 0.3 is 5.97 Å². The average molecular weight is 378 g/mol. The maximum absolute atomic E-state index is 12.7. The first-order valence-corrected chi connectivity index (χ1v) is 10.2. The number of hydrogen-bond donors (Lipinski definition) is 2. The molecule has 2 rings (SSSR count). The van der Waals surface area contributed by atoms with E-state index in [2.05, 4.69) is 5.32 Å². The Balaban J connectivity index is 1.94. The third kappa shape index (κ3) is 6.05. The van der Waals surface area contributed by atoms with Crippen LogP contribution in [-0.2, 0) is 20.1 Å². The fraction of sp³-hybridized carbons (Fsp3) is 0.526. The third-order valence-corrected chi connectivity index (χ3v) is 5.38. The lowest BCUT2D eigenvalue weighted by Crippen LogP contribution is -2.49. The molecule has 26 heavy (non-hydrogen) atoms. The van der Waals surface area contributed by atoms with Gasteiger partial charge in [0.15, 0.2) is 0 Å². The molecule has 6 nitrogen and oxygen atoms in total. The Morgan fingerprint density at radius 2 is 2.12 bits per heavy atom. The molecule has 1 aliphatic heterocycles. The van der Waals surface area contributed by atoms with Crippen LogP contribution in [-0.4, -0.2) is 46.1 Å². The van der Waals surface area contributed by atoms with Gasteiger partial charge in [-0.15, -0.1) is 0 Å². The second-order valence-electron chi connectivity index (χ2n) is 6.34. The molecule has 0 radical (unpaired) electrons. The first-order chi connectivity index (χ1) is 12.5. The number of nitrogens with one attached hydrogen (secondary N) is 1. The van der Waals surface area contributed by atoms with Crippen LogP contribution in [0, 0.1) is 0 Å². The largest absolute Gasteiger partial charge is 0.481 e. The molecule has 0 saturated carbocycles. The molecule has 1 saturated heterocycles. The van der Waals surface area contributed by atoms with E-state index in [0.29, 0.717) is 36.6 Å². The number of aliphatic carboxylic acids is 1. The number of carbonyl (C=O) groups excluding carboxylic acids is 2. The molecule has 142 valence electrons. The molecule has 2 amide bonds. The molecule has 0 aliphatic carbocycles. The summed E-state index contributed by atoms with van der Waals surface area (Å²) in [6.07, 6.45) is 3.14. The lowest BCUT2D eigenvalue weighted by atomic mass is 10.0. The van der Waals surface area contributed by atoms with Crippen molar-refractivity contribution < 1.29 is 19.5 Å². The molecule has 0 spiro atoms. The predicted octanol–water partition coefficient (Wildman–Crippen LogP) is 3.12. The van der Waals surface area contributed by atoms with Crippen LogP contribution in [0.15, 0.2) is 24.3 Å². The smallest absolute Gasteiger partial charge is 0.304 e. The van der Waals surface area contributed by atoms with E-state index < -0.39 is 12.0 Å². The highest BCUT2D eigenvalue weighted by Gasteiger charge is 2.31. The third-order valence-electron chi connectivity index (χ3n) is 4.35. The first kappa shape index (κ1) is 20.3. The molecule has 1 heterocycles. The minimum atomic E-state index is -0.794.